The number of anilines is 1. The van der Waals surface area contributed by atoms with Crippen LogP contribution in [-0.4, -0.2) is 29.1 Å². The molecule has 7 nitrogen and oxygen atoms in total. The molecule has 0 N–H and O–H groups in total. The SMILES string of the molecule is COc1cc([N+](=O)[O-])ccc1N1C(=O)CC(Sc2ccc(Cl)cc2)C1=O. The van der Waals surface area contributed by atoms with Crippen molar-refractivity contribution in [1.82, 2.24) is 0 Å². The highest BCUT2D eigenvalue weighted by Gasteiger charge is 2.41. The first-order chi connectivity index (χ1) is 12.4. The lowest BCUT2D eigenvalue weighted by atomic mass is 10.2. The number of halogens is 1. The Balaban J connectivity index is 1.87. The van der Waals surface area contributed by atoms with Crippen molar-refractivity contribution in [3.05, 3.63) is 57.6 Å². The van der Waals surface area contributed by atoms with Gasteiger partial charge < -0.3 is 4.74 Å². The second-order valence-corrected chi connectivity index (χ2v) is 7.16. The van der Waals surface area contributed by atoms with Crippen molar-refractivity contribution in [2.45, 2.75) is 16.6 Å². The third-order valence-electron chi connectivity index (χ3n) is 3.81. The van der Waals surface area contributed by atoms with Crippen molar-refractivity contribution < 1.29 is 19.2 Å². The Labute approximate surface area is 158 Å². The number of rotatable bonds is 5. The fraction of sp³-hybridized carbons (Fsp3) is 0.176. The van der Waals surface area contributed by atoms with E-state index in [2.05, 4.69) is 0 Å². The van der Waals surface area contributed by atoms with Gasteiger partial charge in [-0.15, -0.1) is 11.8 Å². The third-order valence-corrected chi connectivity index (χ3v) is 5.26. The summed E-state index contributed by atoms with van der Waals surface area (Å²) in [6.45, 7) is 0. The van der Waals surface area contributed by atoms with Crippen molar-refractivity contribution in [3.8, 4) is 5.75 Å². The van der Waals surface area contributed by atoms with Crippen LogP contribution in [0.4, 0.5) is 11.4 Å². The molecule has 26 heavy (non-hydrogen) atoms. The summed E-state index contributed by atoms with van der Waals surface area (Å²) in [4.78, 5) is 37.3. The lowest BCUT2D eigenvalue weighted by Gasteiger charge is -2.17. The van der Waals surface area contributed by atoms with Crippen LogP contribution in [0, 0.1) is 10.1 Å². The normalized spacial score (nSPS) is 16.8. The molecule has 1 aliphatic heterocycles. The van der Waals surface area contributed by atoms with Gasteiger partial charge in [-0.1, -0.05) is 11.6 Å². The number of carbonyl (C=O) groups excluding carboxylic acids is 2. The number of nitro benzene ring substituents is 1. The number of thioether (sulfide) groups is 1. The van der Waals surface area contributed by atoms with Crippen LogP contribution < -0.4 is 9.64 Å². The molecule has 3 rings (SSSR count). The summed E-state index contributed by atoms with van der Waals surface area (Å²) in [7, 11) is 1.33. The average molecular weight is 393 g/mol. The number of imide groups is 1. The first-order valence-electron chi connectivity index (χ1n) is 7.52. The Morgan fingerprint density at radius 2 is 1.92 bits per heavy atom. The van der Waals surface area contributed by atoms with E-state index in [1.165, 1.54) is 37.1 Å². The molecule has 0 bridgehead atoms. The van der Waals surface area contributed by atoms with Crippen molar-refractivity contribution in [2.75, 3.05) is 12.0 Å². The highest BCUT2D eigenvalue weighted by Crippen LogP contribution is 2.39. The van der Waals surface area contributed by atoms with Crippen LogP contribution >= 0.6 is 23.4 Å². The van der Waals surface area contributed by atoms with E-state index in [0.717, 1.165) is 9.80 Å². The minimum absolute atomic E-state index is 0.0340. The van der Waals surface area contributed by atoms with Crippen LogP contribution in [0.15, 0.2) is 47.4 Å². The molecule has 1 aliphatic rings. The summed E-state index contributed by atoms with van der Waals surface area (Å²) >= 11 is 7.12. The van der Waals surface area contributed by atoms with Gasteiger partial charge in [-0.25, -0.2) is 4.90 Å². The lowest BCUT2D eigenvalue weighted by Crippen LogP contribution is -2.31. The Morgan fingerprint density at radius 3 is 2.54 bits per heavy atom. The molecule has 0 saturated carbocycles. The van der Waals surface area contributed by atoms with E-state index in [9.17, 15) is 19.7 Å². The first-order valence-corrected chi connectivity index (χ1v) is 8.78. The maximum Gasteiger partial charge on any atom is 0.273 e. The van der Waals surface area contributed by atoms with Gasteiger partial charge >= 0.3 is 0 Å². The van der Waals surface area contributed by atoms with Gasteiger partial charge in [0, 0.05) is 22.4 Å². The third kappa shape index (κ3) is 3.51. The molecule has 0 aliphatic carbocycles. The Kier molecular flexibility index (Phi) is 5.15. The number of amides is 2. The number of methoxy groups -OCH3 is 1. The maximum absolute atomic E-state index is 12.7. The maximum atomic E-state index is 12.7. The smallest absolute Gasteiger partial charge is 0.273 e. The van der Waals surface area contributed by atoms with Gasteiger partial charge in [-0.05, 0) is 30.3 Å². The van der Waals surface area contributed by atoms with Crippen LogP contribution in [0.1, 0.15) is 6.42 Å². The van der Waals surface area contributed by atoms with Crippen LogP contribution in [0.25, 0.3) is 0 Å². The summed E-state index contributed by atoms with van der Waals surface area (Å²) in [6, 6.07) is 10.8. The van der Waals surface area contributed by atoms with Crippen LogP contribution in [0.3, 0.4) is 0 Å². The average Bonchev–Trinajstić information content (AvgIpc) is 2.89. The topological polar surface area (TPSA) is 89.8 Å². The van der Waals surface area contributed by atoms with Gasteiger partial charge in [-0.3, -0.25) is 19.7 Å². The van der Waals surface area contributed by atoms with Crippen molar-refractivity contribution in [1.29, 1.82) is 0 Å². The predicted octanol–water partition coefficient (Wildman–Crippen LogP) is 3.68. The van der Waals surface area contributed by atoms with Crippen molar-refractivity contribution in [3.63, 3.8) is 0 Å². The van der Waals surface area contributed by atoms with E-state index >= 15 is 0 Å². The zero-order valence-corrected chi connectivity index (χ0v) is 15.1. The largest absolute Gasteiger partial charge is 0.494 e. The van der Waals surface area contributed by atoms with E-state index < -0.39 is 10.2 Å². The zero-order valence-electron chi connectivity index (χ0n) is 13.5. The lowest BCUT2D eigenvalue weighted by molar-refractivity contribution is -0.384. The van der Waals surface area contributed by atoms with Gasteiger partial charge in [0.25, 0.3) is 5.69 Å². The highest BCUT2D eigenvalue weighted by molar-refractivity contribution is 8.00. The molecule has 1 fully saturated rings. The number of ether oxygens (including phenoxy) is 1. The molecule has 1 atom stereocenters. The molecule has 2 amide bonds. The minimum Gasteiger partial charge on any atom is -0.494 e. The number of non-ortho nitro benzene ring substituents is 1. The van der Waals surface area contributed by atoms with Gasteiger partial charge in [0.1, 0.15) is 5.75 Å². The van der Waals surface area contributed by atoms with Crippen LogP contribution in [0.2, 0.25) is 5.02 Å². The number of hydrogen-bond acceptors (Lipinski definition) is 6. The predicted molar refractivity (Wildman–Crippen MR) is 97.9 cm³/mol. The first kappa shape index (κ1) is 18.2. The van der Waals surface area contributed by atoms with E-state index in [4.69, 9.17) is 16.3 Å². The molecule has 134 valence electrons. The number of hydrogen-bond donors (Lipinski definition) is 0. The number of benzene rings is 2. The number of nitrogens with zero attached hydrogens (tertiary/aromatic N) is 2. The Morgan fingerprint density at radius 1 is 1.23 bits per heavy atom. The molecule has 2 aromatic carbocycles. The van der Waals surface area contributed by atoms with Crippen LogP contribution in [0.5, 0.6) is 5.75 Å². The molecular formula is C17H13ClN2O5S. The molecule has 0 aromatic heterocycles. The quantitative estimate of drug-likeness (QED) is 0.438. The van der Waals surface area contributed by atoms with E-state index in [1.807, 2.05) is 0 Å². The van der Waals surface area contributed by atoms with Crippen molar-refractivity contribution >= 4 is 46.6 Å². The summed E-state index contributed by atoms with van der Waals surface area (Å²) in [5.74, 6) is -0.672. The molecule has 1 saturated heterocycles. The molecule has 0 spiro atoms. The second-order valence-electron chi connectivity index (χ2n) is 5.45. The minimum atomic E-state index is -0.580. The molecule has 2 aromatic rings. The molecule has 1 heterocycles. The van der Waals surface area contributed by atoms with Gasteiger partial charge in [0.2, 0.25) is 11.8 Å². The molecule has 1 unspecified atom stereocenters. The summed E-state index contributed by atoms with van der Waals surface area (Å²) in [5, 5.41) is 10.9. The summed E-state index contributed by atoms with van der Waals surface area (Å²) in [6.07, 6.45) is 0.0340. The Hall–Kier alpha value is -2.58. The molecule has 9 heteroatoms. The Bertz CT molecular complexity index is 887. The fourth-order valence-corrected chi connectivity index (χ4v) is 3.77. The highest BCUT2D eigenvalue weighted by atomic mass is 35.5. The second kappa shape index (κ2) is 7.35. The van der Waals surface area contributed by atoms with E-state index in [0.29, 0.717) is 5.02 Å². The van der Waals surface area contributed by atoms with E-state index in [1.54, 1.807) is 24.3 Å². The zero-order chi connectivity index (χ0) is 18.8. The van der Waals surface area contributed by atoms with Gasteiger partial charge in [0.05, 0.1) is 29.0 Å². The van der Waals surface area contributed by atoms with Crippen LogP contribution in [-0.2, 0) is 9.59 Å². The molecule has 0 radical (unpaired) electrons. The summed E-state index contributed by atoms with van der Waals surface area (Å²) in [5.41, 5.74) is 0.0177. The standard InChI is InChI=1S/C17H13ClN2O5S/c1-25-14-8-11(20(23)24)4-7-13(14)19-16(21)9-15(17(19)22)26-12-5-2-10(18)3-6-12/h2-8,15H,9H2,1H3. The fourth-order valence-electron chi connectivity index (χ4n) is 2.59. The van der Waals surface area contributed by atoms with Gasteiger partial charge in [0.15, 0.2) is 0 Å². The molecular weight excluding hydrogens is 380 g/mol. The van der Waals surface area contributed by atoms with Gasteiger partial charge in [-0.2, -0.15) is 0 Å². The number of carbonyl (C=O) groups is 2. The number of nitro groups is 1. The van der Waals surface area contributed by atoms with E-state index in [-0.39, 0.29) is 35.4 Å². The monoisotopic (exact) mass is 392 g/mol. The summed E-state index contributed by atoms with van der Waals surface area (Å²) < 4.78 is 5.14. The van der Waals surface area contributed by atoms with Crippen molar-refractivity contribution in [2.24, 2.45) is 0 Å².